The summed E-state index contributed by atoms with van der Waals surface area (Å²) in [5.74, 6) is -1.96. The average Bonchev–Trinajstić information content (AvgIpc) is 2.81. The van der Waals surface area contributed by atoms with Gasteiger partial charge in [0, 0.05) is 12.6 Å². The summed E-state index contributed by atoms with van der Waals surface area (Å²) >= 11 is 0. The van der Waals surface area contributed by atoms with Gasteiger partial charge in [-0.15, -0.1) is 0 Å². The van der Waals surface area contributed by atoms with Crippen LogP contribution in [-0.2, 0) is 29.8 Å². The minimum absolute atomic E-state index is 0.0524. The van der Waals surface area contributed by atoms with Crippen molar-refractivity contribution in [1.82, 2.24) is 0 Å². The minimum Gasteiger partial charge on any atom is -0.479 e. The first-order chi connectivity index (χ1) is 17.8. The molecule has 3 unspecified atom stereocenters. The van der Waals surface area contributed by atoms with Crippen molar-refractivity contribution < 1.29 is 53.3 Å². The summed E-state index contributed by atoms with van der Waals surface area (Å²) in [7, 11) is -2.81. The van der Waals surface area contributed by atoms with E-state index in [2.05, 4.69) is 0 Å². The van der Waals surface area contributed by atoms with Crippen molar-refractivity contribution >= 4 is 5.97 Å². The number of aliphatic carboxylic acids is 1. The first-order valence-electron chi connectivity index (χ1n) is 13.6. The number of ether oxygens (including phenoxy) is 3. The molecule has 1 spiro atoms. The molecule has 6 atom stereocenters. The predicted molar refractivity (Wildman–Crippen MR) is 117 cm³/mol. The van der Waals surface area contributed by atoms with Gasteiger partial charge in [0.25, 0.3) is 5.79 Å². The number of carboxylic acid groups (broad SMARTS) is 1. The smallest absolute Gasteiger partial charge is 0.336 e. The molecule has 4 N–H and O–H groups in total. The van der Waals surface area contributed by atoms with E-state index in [1.807, 2.05) is 0 Å². The normalized spacial score (nSPS) is 51.8. The van der Waals surface area contributed by atoms with Crippen LogP contribution < -0.4 is 4.74 Å². The molecule has 10 nitrogen and oxygen atoms in total. The number of rotatable bonds is 5. The molecule has 0 radical (unpaired) electrons. The van der Waals surface area contributed by atoms with Gasteiger partial charge in [0.05, 0.1) is 4.11 Å². The van der Waals surface area contributed by atoms with Crippen LogP contribution in [0.4, 0.5) is 0 Å². The molecule has 10 heteroatoms. The van der Waals surface area contributed by atoms with Crippen LogP contribution in [-0.4, -0.2) is 69.2 Å². The molecule has 2 saturated heterocycles. The van der Waals surface area contributed by atoms with Crippen LogP contribution in [0.1, 0.15) is 48.7 Å². The van der Waals surface area contributed by atoms with Crippen molar-refractivity contribution in [3.05, 3.63) is 29.8 Å². The fraction of sp³-hybridized carbons (Fsp3) is 0.720. The molecule has 0 amide bonds. The Kier molecular flexibility index (Phi) is 4.55. The Labute approximate surface area is 206 Å². The molecular weight excluding hydrogens is 460 g/mol. The van der Waals surface area contributed by atoms with Gasteiger partial charge in [-0.3, -0.25) is 0 Å². The summed E-state index contributed by atoms with van der Waals surface area (Å²) in [6.45, 7) is 1.05. The molecule has 192 valence electrons. The highest BCUT2D eigenvalue weighted by atomic mass is 17.3. The molecule has 2 aliphatic heterocycles. The molecule has 4 saturated carbocycles. The maximum Gasteiger partial charge on any atom is 0.336 e. The summed E-state index contributed by atoms with van der Waals surface area (Å²) in [6, 6.07) is 6.20. The number of hydrogen-bond donors (Lipinski definition) is 4. The highest BCUT2D eigenvalue weighted by molar-refractivity contribution is 5.74. The van der Waals surface area contributed by atoms with Crippen molar-refractivity contribution in [2.45, 2.75) is 80.6 Å². The van der Waals surface area contributed by atoms with E-state index in [0.717, 1.165) is 32.6 Å². The molecule has 2 heterocycles. The van der Waals surface area contributed by atoms with Crippen LogP contribution in [0.5, 0.6) is 5.75 Å². The van der Waals surface area contributed by atoms with E-state index < -0.39 is 54.6 Å². The molecular formula is C25H32O10. The Balaban J connectivity index is 1.34. The van der Waals surface area contributed by atoms with Gasteiger partial charge >= 0.3 is 5.97 Å². The number of carboxylic acids is 1. The van der Waals surface area contributed by atoms with E-state index in [0.29, 0.717) is 17.4 Å². The van der Waals surface area contributed by atoms with Crippen molar-refractivity contribution in [3.8, 4) is 5.75 Å². The number of aliphatic hydroxyl groups excluding tert-OH is 2. The third-order valence-electron chi connectivity index (χ3n) is 9.00. The van der Waals surface area contributed by atoms with Crippen LogP contribution in [0.3, 0.4) is 0 Å². The van der Waals surface area contributed by atoms with E-state index >= 15 is 0 Å². The lowest BCUT2D eigenvalue weighted by Crippen LogP contribution is -2.76. The Morgan fingerprint density at radius 1 is 1.11 bits per heavy atom. The SMILES string of the molecule is [2H]C([2H])([2H])OC1(c2cccc(O[C@@H]3OC(C(=O)O)[C@@](C)(O)C(O)[C@@H]3O)c2)OOC12C1CC3CC(C1)CC2C3. The monoisotopic (exact) mass is 495 g/mol. The van der Waals surface area contributed by atoms with Gasteiger partial charge in [0.1, 0.15) is 23.6 Å². The van der Waals surface area contributed by atoms with E-state index in [4.69, 9.17) is 28.1 Å². The van der Waals surface area contributed by atoms with Crippen LogP contribution in [0.2, 0.25) is 0 Å². The summed E-state index contributed by atoms with van der Waals surface area (Å²) in [5, 5.41) is 40.7. The standard InChI is InChI=1S/C25H32O10/c1-23(30)19(27)18(26)22(33-20(23)21(28)29)32-17-5-3-4-14(11-17)25(31-2)24(34-35-25)15-7-12-6-13(9-15)10-16(24)8-12/h3-5,11-13,15-16,18-20,22,26-27,30H,6-10H2,1-2H3,(H,28,29)/t12?,13?,15?,16?,18-,19?,20?,22+,23-,24?,25?/m0/s1/i2D3. The van der Waals surface area contributed by atoms with Gasteiger partial charge in [-0.2, -0.15) is 4.89 Å². The lowest BCUT2D eigenvalue weighted by atomic mass is 9.47. The Morgan fingerprint density at radius 3 is 2.37 bits per heavy atom. The first-order valence-corrected chi connectivity index (χ1v) is 12.1. The van der Waals surface area contributed by atoms with E-state index in [9.17, 15) is 25.2 Å². The Hall–Kier alpha value is -1.79. The zero-order chi connectivity index (χ0) is 27.3. The fourth-order valence-corrected chi connectivity index (χ4v) is 7.52. The Bertz CT molecular complexity index is 1080. The van der Waals surface area contributed by atoms with Gasteiger partial charge in [-0.25, -0.2) is 9.68 Å². The van der Waals surface area contributed by atoms with E-state index in [-0.39, 0.29) is 17.6 Å². The van der Waals surface area contributed by atoms with Gasteiger partial charge in [-0.05, 0) is 74.8 Å². The second-order valence-corrected chi connectivity index (χ2v) is 11.0. The summed E-state index contributed by atoms with van der Waals surface area (Å²) in [6.07, 6.45) is -2.41. The number of aliphatic hydroxyl groups is 3. The third kappa shape index (κ3) is 3.11. The summed E-state index contributed by atoms with van der Waals surface area (Å²) in [5.41, 5.74) is -2.93. The molecule has 0 aromatic heterocycles. The quantitative estimate of drug-likeness (QED) is 0.441. The number of methoxy groups -OCH3 is 1. The third-order valence-corrected chi connectivity index (χ3v) is 9.00. The topological polar surface area (TPSA) is 144 Å². The molecule has 1 aromatic rings. The lowest BCUT2D eigenvalue weighted by Gasteiger charge is -2.68. The van der Waals surface area contributed by atoms with Crippen molar-refractivity contribution in [1.29, 1.82) is 0 Å². The van der Waals surface area contributed by atoms with Gasteiger partial charge in [0.2, 0.25) is 6.29 Å². The largest absolute Gasteiger partial charge is 0.479 e. The van der Waals surface area contributed by atoms with E-state index in [1.165, 1.54) is 18.6 Å². The maximum absolute atomic E-state index is 11.6. The van der Waals surface area contributed by atoms with Crippen molar-refractivity contribution in [2.75, 3.05) is 7.04 Å². The second-order valence-electron chi connectivity index (χ2n) is 11.0. The summed E-state index contributed by atoms with van der Waals surface area (Å²) < 4.78 is 40.6. The molecule has 6 fully saturated rings. The van der Waals surface area contributed by atoms with Crippen LogP contribution in [0.25, 0.3) is 0 Å². The van der Waals surface area contributed by atoms with Crippen molar-refractivity contribution in [2.24, 2.45) is 23.7 Å². The van der Waals surface area contributed by atoms with Crippen LogP contribution >= 0.6 is 0 Å². The van der Waals surface area contributed by atoms with Gasteiger partial charge < -0.3 is 34.6 Å². The number of benzene rings is 1. The minimum atomic E-state index is -2.81. The van der Waals surface area contributed by atoms with Crippen molar-refractivity contribution in [3.63, 3.8) is 0 Å². The Morgan fingerprint density at radius 2 is 1.80 bits per heavy atom. The van der Waals surface area contributed by atoms with Crippen LogP contribution in [0.15, 0.2) is 24.3 Å². The van der Waals surface area contributed by atoms with Crippen LogP contribution in [0, 0.1) is 23.7 Å². The molecule has 7 rings (SSSR count). The second kappa shape index (κ2) is 7.85. The zero-order valence-electron chi connectivity index (χ0n) is 22.2. The lowest BCUT2D eigenvalue weighted by molar-refractivity contribution is -0.645. The maximum atomic E-state index is 11.6. The highest BCUT2D eigenvalue weighted by Crippen LogP contribution is 2.69. The first kappa shape index (κ1) is 20.3. The number of hydrogen-bond acceptors (Lipinski definition) is 9. The summed E-state index contributed by atoms with van der Waals surface area (Å²) in [4.78, 5) is 23.2. The molecule has 4 bridgehead atoms. The van der Waals surface area contributed by atoms with E-state index in [1.54, 1.807) is 12.1 Å². The van der Waals surface area contributed by atoms with Gasteiger partial charge in [0.15, 0.2) is 11.7 Å². The van der Waals surface area contributed by atoms with Gasteiger partial charge in [-0.1, -0.05) is 12.1 Å². The predicted octanol–water partition coefficient (Wildman–Crippen LogP) is 1.30. The molecule has 4 aliphatic carbocycles. The molecule has 35 heavy (non-hydrogen) atoms. The molecule has 1 aromatic carbocycles. The molecule has 6 aliphatic rings. The fourth-order valence-electron chi connectivity index (χ4n) is 7.52. The highest BCUT2D eigenvalue weighted by Gasteiger charge is 2.76. The zero-order valence-corrected chi connectivity index (χ0v) is 19.2. The number of carbonyl (C=O) groups is 1. The average molecular weight is 496 g/mol.